The van der Waals surface area contributed by atoms with E-state index in [4.69, 9.17) is 5.73 Å². The van der Waals surface area contributed by atoms with Crippen LogP contribution in [0.15, 0.2) is 40.5 Å². The summed E-state index contributed by atoms with van der Waals surface area (Å²) in [6.07, 6.45) is 1.87. The molecule has 0 saturated carbocycles. The maximum Gasteiger partial charge on any atom is 0.180 e. The van der Waals surface area contributed by atoms with Crippen LogP contribution in [0.25, 0.3) is 0 Å². The summed E-state index contributed by atoms with van der Waals surface area (Å²) in [5, 5.41) is 8.36. The van der Waals surface area contributed by atoms with Crippen molar-refractivity contribution in [1.82, 2.24) is 0 Å². The molecule has 0 fully saturated rings. The van der Waals surface area contributed by atoms with Crippen molar-refractivity contribution in [3.05, 3.63) is 35.9 Å². The summed E-state index contributed by atoms with van der Waals surface area (Å²) in [5.41, 5.74) is 7.43. The monoisotopic (exact) mass is 207 g/mol. The van der Waals surface area contributed by atoms with Crippen LogP contribution in [0.5, 0.6) is 0 Å². The van der Waals surface area contributed by atoms with E-state index in [-0.39, 0.29) is 0 Å². The molecule has 0 saturated heterocycles. The smallest absolute Gasteiger partial charge is 0.180 e. The molecule has 0 aliphatic heterocycles. The van der Waals surface area contributed by atoms with E-state index in [2.05, 4.69) is 10.2 Å². The molecule has 0 amide bonds. The normalized spacial score (nSPS) is 13.0. The Kier molecular flexibility index (Phi) is 4.19. The van der Waals surface area contributed by atoms with Crippen molar-refractivity contribution < 1.29 is 0 Å². The van der Waals surface area contributed by atoms with Gasteiger partial charge in [-0.3, -0.25) is 0 Å². The van der Waals surface area contributed by atoms with Gasteiger partial charge in [0, 0.05) is 0 Å². The highest BCUT2D eigenvalue weighted by Gasteiger charge is 1.94. The van der Waals surface area contributed by atoms with Crippen molar-refractivity contribution in [3.8, 4) is 0 Å². The minimum absolute atomic E-state index is 0.472. The number of nitrogens with two attached hydrogens (primary N) is 1. The highest BCUT2D eigenvalue weighted by Crippen LogP contribution is 2.01. The van der Waals surface area contributed by atoms with E-state index < -0.39 is 0 Å². The number of hydrogen-bond acceptors (Lipinski definition) is 3. The number of amidine groups is 1. The topological polar surface area (TPSA) is 50.7 Å². The molecule has 14 heavy (non-hydrogen) atoms. The van der Waals surface area contributed by atoms with E-state index in [1.165, 1.54) is 11.8 Å². The number of hydrogen-bond donors (Lipinski definition) is 1. The van der Waals surface area contributed by atoms with Gasteiger partial charge in [-0.25, -0.2) is 0 Å². The lowest BCUT2D eigenvalue weighted by molar-refractivity contribution is 1.23. The largest absolute Gasteiger partial charge is 0.377 e. The van der Waals surface area contributed by atoms with Crippen LogP contribution in [0.4, 0.5) is 0 Å². The van der Waals surface area contributed by atoms with Gasteiger partial charge >= 0.3 is 0 Å². The minimum atomic E-state index is 0.472. The number of nitrogens with zero attached hydrogens (tertiary/aromatic N) is 2. The second-order valence-electron chi connectivity index (χ2n) is 2.69. The SMILES string of the molecule is CS/C(N)=N/N=C(/C)c1ccccc1. The zero-order valence-corrected chi connectivity index (χ0v) is 9.08. The van der Waals surface area contributed by atoms with Gasteiger partial charge in [0.05, 0.1) is 5.71 Å². The average Bonchev–Trinajstić information content (AvgIpc) is 2.26. The molecule has 0 spiro atoms. The van der Waals surface area contributed by atoms with Crippen molar-refractivity contribution >= 4 is 22.6 Å². The molecule has 1 aromatic carbocycles. The molecule has 0 aliphatic rings. The van der Waals surface area contributed by atoms with Crippen LogP contribution in [0, 0.1) is 0 Å². The quantitative estimate of drug-likeness (QED) is 0.458. The third-order valence-electron chi connectivity index (χ3n) is 1.70. The van der Waals surface area contributed by atoms with Gasteiger partial charge in [-0.2, -0.15) is 5.10 Å². The van der Waals surface area contributed by atoms with Crippen LogP contribution in [0.3, 0.4) is 0 Å². The highest BCUT2D eigenvalue weighted by atomic mass is 32.2. The lowest BCUT2D eigenvalue weighted by atomic mass is 10.1. The summed E-state index contributed by atoms with van der Waals surface area (Å²) in [5.74, 6) is 0. The van der Waals surface area contributed by atoms with E-state index in [1.807, 2.05) is 43.5 Å². The van der Waals surface area contributed by atoms with Gasteiger partial charge in [-0.05, 0) is 18.7 Å². The molecule has 0 radical (unpaired) electrons. The maximum atomic E-state index is 5.51. The summed E-state index contributed by atoms with van der Waals surface area (Å²) < 4.78 is 0. The Morgan fingerprint density at radius 1 is 1.21 bits per heavy atom. The Morgan fingerprint density at radius 3 is 2.43 bits per heavy atom. The standard InChI is InChI=1S/C10H13N3S/c1-8(12-13-10(11)14-2)9-6-4-3-5-7-9/h3-7H,1-2H3,(H2,11,13)/b12-8-. The van der Waals surface area contributed by atoms with Gasteiger partial charge in [-0.1, -0.05) is 42.1 Å². The molecule has 4 heteroatoms. The van der Waals surface area contributed by atoms with E-state index in [0.717, 1.165) is 11.3 Å². The maximum absolute atomic E-state index is 5.51. The van der Waals surface area contributed by atoms with Crippen molar-refractivity contribution in [3.63, 3.8) is 0 Å². The predicted molar refractivity (Wildman–Crippen MR) is 63.8 cm³/mol. The first kappa shape index (κ1) is 10.8. The Hall–Kier alpha value is -1.29. The van der Waals surface area contributed by atoms with Gasteiger partial charge in [0.1, 0.15) is 0 Å². The lowest BCUT2D eigenvalue weighted by Crippen LogP contribution is -2.04. The second kappa shape index (κ2) is 5.44. The average molecular weight is 207 g/mol. The van der Waals surface area contributed by atoms with Crippen molar-refractivity contribution in [2.75, 3.05) is 6.26 Å². The first-order valence-electron chi connectivity index (χ1n) is 4.21. The summed E-state index contributed by atoms with van der Waals surface area (Å²) in [6, 6.07) is 9.88. The fraction of sp³-hybridized carbons (Fsp3) is 0.200. The minimum Gasteiger partial charge on any atom is -0.377 e. The summed E-state index contributed by atoms with van der Waals surface area (Å²) in [4.78, 5) is 0. The molecule has 0 aromatic heterocycles. The molecule has 0 heterocycles. The third kappa shape index (κ3) is 3.22. The van der Waals surface area contributed by atoms with Gasteiger partial charge in [0.2, 0.25) is 0 Å². The molecule has 0 bridgehead atoms. The fourth-order valence-electron chi connectivity index (χ4n) is 0.902. The second-order valence-corrected chi connectivity index (χ2v) is 3.52. The molecular formula is C10H13N3S. The fourth-order valence-corrected chi connectivity index (χ4v) is 1.02. The van der Waals surface area contributed by atoms with Crippen molar-refractivity contribution in [2.24, 2.45) is 15.9 Å². The molecule has 74 valence electrons. The lowest BCUT2D eigenvalue weighted by Gasteiger charge is -1.97. The van der Waals surface area contributed by atoms with E-state index in [0.29, 0.717) is 5.17 Å². The zero-order valence-electron chi connectivity index (χ0n) is 8.27. The summed E-state index contributed by atoms with van der Waals surface area (Å²) >= 11 is 1.38. The number of benzene rings is 1. The molecule has 2 N–H and O–H groups in total. The molecule has 0 unspecified atom stereocenters. The Morgan fingerprint density at radius 2 is 1.86 bits per heavy atom. The Labute approximate surface area is 88.1 Å². The van der Waals surface area contributed by atoms with Gasteiger partial charge in [0.15, 0.2) is 5.17 Å². The van der Waals surface area contributed by atoms with Crippen LogP contribution in [0.2, 0.25) is 0 Å². The van der Waals surface area contributed by atoms with Crippen LogP contribution in [-0.2, 0) is 0 Å². The van der Waals surface area contributed by atoms with E-state index >= 15 is 0 Å². The zero-order chi connectivity index (χ0) is 10.4. The van der Waals surface area contributed by atoms with E-state index in [9.17, 15) is 0 Å². The summed E-state index contributed by atoms with van der Waals surface area (Å²) in [7, 11) is 0. The molecule has 1 rings (SSSR count). The van der Waals surface area contributed by atoms with Crippen LogP contribution in [-0.4, -0.2) is 17.1 Å². The van der Waals surface area contributed by atoms with E-state index in [1.54, 1.807) is 0 Å². The van der Waals surface area contributed by atoms with Crippen molar-refractivity contribution in [2.45, 2.75) is 6.92 Å². The molecular weight excluding hydrogens is 194 g/mol. The first-order chi connectivity index (χ1) is 6.74. The molecule has 0 aliphatic carbocycles. The van der Waals surface area contributed by atoms with Crippen LogP contribution < -0.4 is 5.73 Å². The van der Waals surface area contributed by atoms with Crippen molar-refractivity contribution in [1.29, 1.82) is 0 Å². The molecule has 3 nitrogen and oxygen atoms in total. The Balaban J connectivity index is 2.81. The van der Waals surface area contributed by atoms with Crippen LogP contribution >= 0.6 is 11.8 Å². The van der Waals surface area contributed by atoms with Crippen LogP contribution in [0.1, 0.15) is 12.5 Å². The van der Waals surface area contributed by atoms with Gasteiger partial charge in [-0.15, -0.1) is 5.10 Å². The number of rotatable bonds is 2. The molecule has 1 aromatic rings. The summed E-state index contributed by atoms with van der Waals surface area (Å²) in [6.45, 7) is 1.91. The first-order valence-corrected chi connectivity index (χ1v) is 5.43. The predicted octanol–water partition coefficient (Wildman–Crippen LogP) is 2.09. The third-order valence-corrected chi connectivity index (χ3v) is 2.20. The molecule has 0 atom stereocenters. The van der Waals surface area contributed by atoms with Gasteiger partial charge in [0.25, 0.3) is 0 Å². The number of thioether (sulfide) groups is 1. The highest BCUT2D eigenvalue weighted by molar-refractivity contribution is 8.13. The van der Waals surface area contributed by atoms with Gasteiger partial charge < -0.3 is 5.73 Å². The Bertz CT molecular complexity index is 344.